The molecule has 16 heavy (non-hydrogen) atoms. The number of hydrogen-bond acceptors (Lipinski definition) is 1. The molecule has 0 aliphatic carbocycles. The van der Waals surface area contributed by atoms with Gasteiger partial charge in [0.15, 0.2) is 0 Å². The molecule has 0 N–H and O–H groups in total. The summed E-state index contributed by atoms with van der Waals surface area (Å²) in [6.45, 7) is 0. The van der Waals surface area contributed by atoms with Crippen molar-refractivity contribution in [3.8, 4) is 0 Å². The molecule has 1 aromatic heterocycles. The first-order valence-electron chi connectivity index (χ1n) is 5.72. The van der Waals surface area contributed by atoms with Crippen molar-refractivity contribution in [3.63, 3.8) is 0 Å². The highest BCUT2D eigenvalue weighted by molar-refractivity contribution is 5.19. The molecule has 0 amide bonds. The molecule has 1 radical (unpaired) electrons. The van der Waals surface area contributed by atoms with E-state index in [1.54, 1.807) is 0 Å². The molecule has 1 nitrogen and oxygen atoms in total. The standard InChI is InChI=1S/C15H16N/c1-2-6-14(7-3-1)8-4-5-9-15-10-12-16-13-11-15/h1-3,6-7,9-13H,4-5,8H2. The smallest absolute Gasteiger partial charge is 0.0270 e. The van der Waals surface area contributed by atoms with Gasteiger partial charge in [0.1, 0.15) is 0 Å². The molecule has 0 spiro atoms. The first-order valence-corrected chi connectivity index (χ1v) is 5.72. The lowest BCUT2D eigenvalue weighted by Gasteiger charge is -2.01. The summed E-state index contributed by atoms with van der Waals surface area (Å²) in [4.78, 5) is 4.00. The Morgan fingerprint density at radius 3 is 2.44 bits per heavy atom. The molecule has 0 aliphatic heterocycles. The molecule has 0 bridgehead atoms. The van der Waals surface area contributed by atoms with Gasteiger partial charge < -0.3 is 0 Å². The van der Waals surface area contributed by atoms with Crippen LogP contribution >= 0.6 is 0 Å². The van der Waals surface area contributed by atoms with Crippen LogP contribution in [0.5, 0.6) is 0 Å². The molecule has 81 valence electrons. The molecule has 0 saturated carbocycles. The molecule has 2 rings (SSSR count). The van der Waals surface area contributed by atoms with E-state index in [0.717, 1.165) is 12.8 Å². The Hall–Kier alpha value is -1.63. The fraction of sp³-hybridized carbons (Fsp3) is 0.200. The highest BCUT2D eigenvalue weighted by Crippen LogP contribution is 2.09. The van der Waals surface area contributed by atoms with E-state index in [9.17, 15) is 0 Å². The minimum Gasteiger partial charge on any atom is -0.265 e. The zero-order valence-electron chi connectivity index (χ0n) is 9.34. The van der Waals surface area contributed by atoms with Crippen LogP contribution in [0.4, 0.5) is 0 Å². The third kappa shape index (κ3) is 3.50. The van der Waals surface area contributed by atoms with Crippen LogP contribution in [0.15, 0.2) is 54.9 Å². The van der Waals surface area contributed by atoms with Gasteiger partial charge in [-0.25, -0.2) is 0 Å². The molecular formula is C15H16N. The topological polar surface area (TPSA) is 12.9 Å². The molecule has 1 heterocycles. The Labute approximate surface area is 97.2 Å². The molecule has 0 aliphatic rings. The lowest BCUT2D eigenvalue weighted by molar-refractivity contribution is 0.815. The molecule has 0 fully saturated rings. The first kappa shape index (κ1) is 10.9. The maximum Gasteiger partial charge on any atom is 0.0270 e. The summed E-state index contributed by atoms with van der Waals surface area (Å²) < 4.78 is 0. The van der Waals surface area contributed by atoms with Gasteiger partial charge in [0, 0.05) is 12.4 Å². The summed E-state index contributed by atoms with van der Waals surface area (Å²) in [5.74, 6) is 0. The predicted molar refractivity (Wildman–Crippen MR) is 67.0 cm³/mol. The minimum absolute atomic E-state index is 1.12. The van der Waals surface area contributed by atoms with E-state index >= 15 is 0 Å². The van der Waals surface area contributed by atoms with Crippen molar-refractivity contribution in [2.45, 2.75) is 19.3 Å². The average Bonchev–Trinajstić information content (AvgIpc) is 2.37. The van der Waals surface area contributed by atoms with E-state index in [1.165, 1.54) is 17.5 Å². The van der Waals surface area contributed by atoms with Gasteiger partial charge in [-0.15, -0.1) is 0 Å². The van der Waals surface area contributed by atoms with Crippen LogP contribution in [-0.2, 0) is 6.42 Å². The van der Waals surface area contributed by atoms with Gasteiger partial charge in [0.25, 0.3) is 0 Å². The largest absolute Gasteiger partial charge is 0.265 e. The summed E-state index contributed by atoms with van der Waals surface area (Å²) in [5, 5.41) is 0. The first-order chi connectivity index (χ1) is 7.95. The highest BCUT2D eigenvalue weighted by atomic mass is 14.6. The van der Waals surface area contributed by atoms with Gasteiger partial charge in [0.2, 0.25) is 0 Å². The van der Waals surface area contributed by atoms with Crippen molar-refractivity contribution in [2.24, 2.45) is 0 Å². The molecule has 1 heteroatoms. The second-order valence-corrected chi connectivity index (χ2v) is 3.86. The molecule has 1 aromatic carbocycles. The predicted octanol–water partition coefficient (Wildman–Crippen LogP) is 3.66. The molecule has 0 unspecified atom stereocenters. The number of aryl methyl sites for hydroxylation is 1. The van der Waals surface area contributed by atoms with Crippen LogP contribution in [0.25, 0.3) is 0 Å². The van der Waals surface area contributed by atoms with E-state index in [-0.39, 0.29) is 0 Å². The van der Waals surface area contributed by atoms with Crippen LogP contribution in [-0.4, -0.2) is 4.98 Å². The zero-order valence-corrected chi connectivity index (χ0v) is 9.34. The van der Waals surface area contributed by atoms with Crippen molar-refractivity contribution >= 4 is 0 Å². The average molecular weight is 210 g/mol. The van der Waals surface area contributed by atoms with Crippen LogP contribution in [0.3, 0.4) is 0 Å². The van der Waals surface area contributed by atoms with Crippen LogP contribution in [0, 0.1) is 6.42 Å². The molecule has 2 aromatic rings. The summed E-state index contributed by atoms with van der Waals surface area (Å²) >= 11 is 0. The maximum absolute atomic E-state index is 4.00. The Morgan fingerprint density at radius 2 is 1.69 bits per heavy atom. The van der Waals surface area contributed by atoms with Crippen LogP contribution in [0.1, 0.15) is 24.0 Å². The summed E-state index contributed by atoms with van der Waals surface area (Å²) in [6, 6.07) is 14.7. The van der Waals surface area contributed by atoms with Crippen molar-refractivity contribution in [1.82, 2.24) is 4.98 Å². The van der Waals surface area contributed by atoms with E-state index in [4.69, 9.17) is 0 Å². The lowest BCUT2D eigenvalue weighted by atomic mass is 10.0. The van der Waals surface area contributed by atoms with Crippen molar-refractivity contribution in [1.29, 1.82) is 0 Å². The quantitative estimate of drug-likeness (QED) is 0.686. The van der Waals surface area contributed by atoms with Gasteiger partial charge in [-0.05, 0) is 48.9 Å². The van der Waals surface area contributed by atoms with Gasteiger partial charge in [-0.1, -0.05) is 30.3 Å². The number of benzene rings is 1. The number of pyridine rings is 1. The third-order valence-corrected chi connectivity index (χ3v) is 2.60. The zero-order chi connectivity index (χ0) is 11.1. The molecule has 0 atom stereocenters. The fourth-order valence-electron chi connectivity index (χ4n) is 1.72. The highest BCUT2D eigenvalue weighted by Gasteiger charge is 1.94. The fourth-order valence-corrected chi connectivity index (χ4v) is 1.72. The molecular weight excluding hydrogens is 194 g/mol. The van der Waals surface area contributed by atoms with E-state index in [1.807, 2.05) is 24.5 Å². The normalized spacial score (nSPS) is 10.2. The second kappa shape index (κ2) is 6.06. The monoisotopic (exact) mass is 210 g/mol. The number of rotatable bonds is 5. The van der Waals surface area contributed by atoms with Crippen molar-refractivity contribution in [3.05, 3.63) is 72.4 Å². The summed E-state index contributed by atoms with van der Waals surface area (Å²) in [5.41, 5.74) is 2.69. The van der Waals surface area contributed by atoms with Gasteiger partial charge in [-0.2, -0.15) is 0 Å². The van der Waals surface area contributed by atoms with Crippen molar-refractivity contribution in [2.75, 3.05) is 0 Å². The van der Waals surface area contributed by atoms with E-state index in [2.05, 4.69) is 41.7 Å². The van der Waals surface area contributed by atoms with Gasteiger partial charge in [0.05, 0.1) is 0 Å². The Morgan fingerprint density at radius 1 is 0.938 bits per heavy atom. The Kier molecular flexibility index (Phi) is 4.12. The van der Waals surface area contributed by atoms with Crippen LogP contribution in [0.2, 0.25) is 0 Å². The van der Waals surface area contributed by atoms with E-state index < -0.39 is 0 Å². The molecule has 0 saturated heterocycles. The van der Waals surface area contributed by atoms with Gasteiger partial charge in [-0.3, -0.25) is 4.98 Å². The number of hydrogen-bond donors (Lipinski definition) is 0. The number of nitrogens with zero attached hydrogens (tertiary/aromatic N) is 1. The second-order valence-electron chi connectivity index (χ2n) is 3.86. The lowest BCUT2D eigenvalue weighted by Crippen LogP contribution is -1.87. The maximum atomic E-state index is 4.00. The summed E-state index contributed by atoms with van der Waals surface area (Å²) in [6.07, 6.45) is 9.42. The van der Waals surface area contributed by atoms with E-state index in [0.29, 0.717) is 0 Å². The minimum atomic E-state index is 1.12. The van der Waals surface area contributed by atoms with Gasteiger partial charge >= 0.3 is 0 Å². The Bertz CT molecular complexity index is 353. The Balaban J connectivity index is 1.70. The summed E-state index contributed by atoms with van der Waals surface area (Å²) in [7, 11) is 0. The SMILES string of the molecule is [CH](CCCc1ccccc1)c1ccncc1. The van der Waals surface area contributed by atoms with Crippen LogP contribution < -0.4 is 0 Å². The number of unbranched alkanes of at least 4 members (excludes halogenated alkanes) is 1. The third-order valence-electron chi connectivity index (χ3n) is 2.60. The number of aromatic nitrogens is 1. The van der Waals surface area contributed by atoms with Crippen molar-refractivity contribution < 1.29 is 0 Å².